The molecule has 1 unspecified atom stereocenters. The molecule has 0 spiro atoms. The van der Waals surface area contributed by atoms with Crippen LogP contribution in [-0.2, 0) is 32.7 Å². The predicted molar refractivity (Wildman–Crippen MR) is 220 cm³/mol. The van der Waals surface area contributed by atoms with Crippen LogP contribution in [0.1, 0.15) is 181 Å². The molecule has 0 fully saturated rings. The Labute approximate surface area is 324 Å². The molecule has 0 aromatic rings. The smallest absolute Gasteiger partial charge is 0.462 e. The van der Waals surface area contributed by atoms with Crippen LogP contribution in [0.3, 0.4) is 0 Å². The quantitative estimate of drug-likeness (QED) is 0.0271. The molecule has 0 bridgehead atoms. The Kier molecular flexibility index (Phi) is 38.1. The van der Waals surface area contributed by atoms with Crippen LogP contribution in [0.4, 0.5) is 0 Å². The van der Waals surface area contributed by atoms with E-state index in [-0.39, 0.29) is 32.6 Å². The zero-order valence-electron chi connectivity index (χ0n) is 33.7. The van der Waals surface area contributed by atoms with Gasteiger partial charge in [0.25, 0.3) is 0 Å². The van der Waals surface area contributed by atoms with Gasteiger partial charge >= 0.3 is 19.8 Å². The van der Waals surface area contributed by atoms with E-state index in [2.05, 4.69) is 62.5 Å². The molecule has 0 amide bonds. The molecule has 0 saturated heterocycles. The third-order valence-electron chi connectivity index (χ3n) is 8.69. The van der Waals surface area contributed by atoms with Crippen LogP contribution in [-0.4, -0.2) is 49.3 Å². The van der Waals surface area contributed by atoms with Gasteiger partial charge < -0.3 is 20.1 Å². The first-order valence-corrected chi connectivity index (χ1v) is 22.6. The second kappa shape index (κ2) is 39.7. The van der Waals surface area contributed by atoms with Gasteiger partial charge in [-0.1, -0.05) is 140 Å². The predicted octanol–water partition coefficient (Wildman–Crippen LogP) is 11.9. The van der Waals surface area contributed by atoms with Crippen LogP contribution in [0, 0.1) is 0 Å². The highest BCUT2D eigenvalue weighted by molar-refractivity contribution is 7.47. The summed E-state index contributed by atoms with van der Waals surface area (Å²) in [4.78, 5) is 34.8. The largest absolute Gasteiger partial charge is 0.472 e. The molecule has 2 atom stereocenters. The summed E-state index contributed by atoms with van der Waals surface area (Å²) in [7, 11) is -4.38. The molecule has 0 aliphatic carbocycles. The van der Waals surface area contributed by atoms with Crippen molar-refractivity contribution in [2.24, 2.45) is 5.73 Å². The molecule has 3 N–H and O–H groups in total. The Hall–Kier alpha value is -2.03. The highest BCUT2D eigenvalue weighted by atomic mass is 31.2. The maximum absolute atomic E-state index is 12.6. The molecule has 308 valence electrons. The van der Waals surface area contributed by atoms with Crippen molar-refractivity contribution in [2.45, 2.75) is 187 Å². The summed E-state index contributed by atoms with van der Waals surface area (Å²) in [6.45, 7) is 3.65. The molecule has 0 saturated carbocycles. The number of phosphoric ester groups is 1. The molecule has 0 heterocycles. The van der Waals surface area contributed by atoms with Crippen molar-refractivity contribution in [3.8, 4) is 0 Å². The number of allylic oxidation sites excluding steroid dienone is 8. The molecule has 0 aromatic heterocycles. The number of hydrogen-bond donors (Lipinski definition) is 2. The maximum atomic E-state index is 12.6. The molecule has 0 radical (unpaired) electrons. The molecular formula is C43H78NO8P. The third-order valence-corrected chi connectivity index (χ3v) is 9.67. The Bertz CT molecular complexity index is 1010. The maximum Gasteiger partial charge on any atom is 0.472 e. The van der Waals surface area contributed by atoms with E-state index in [0.29, 0.717) is 12.8 Å². The number of nitrogens with two attached hydrogens (primary N) is 1. The zero-order valence-corrected chi connectivity index (χ0v) is 34.6. The fourth-order valence-electron chi connectivity index (χ4n) is 5.52. The van der Waals surface area contributed by atoms with Gasteiger partial charge in [-0.2, -0.15) is 0 Å². The molecule has 0 aliphatic rings. The summed E-state index contributed by atoms with van der Waals surface area (Å²) < 4.78 is 32.7. The number of hydrogen-bond acceptors (Lipinski definition) is 8. The molecule has 0 rings (SSSR count). The lowest BCUT2D eigenvalue weighted by Crippen LogP contribution is -2.29. The van der Waals surface area contributed by atoms with Crippen molar-refractivity contribution in [3.05, 3.63) is 48.6 Å². The molecular weight excluding hydrogens is 689 g/mol. The number of phosphoric acid groups is 1. The standard InChI is InChI=1S/C43H78NO8P/c1-3-5-7-9-11-13-15-17-19-20-22-23-25-27-29-31-33-35-42(45)49-39-41(40-51-53(47,48)50-38-37-44)52-43(46)36-34-32-30-28-26-24-21-18-16-14-12-10-8-6-4-2/h11,13,17,19,22-24,26,41H,3-10,12,14-16,18,20-21,25,27-40,44H2,1-2H3,(H,47,48)/b13-11+,19-17+,23-22+,26-24+/t41-/m1/s1. The monoisotopic (exact) mass is 768 g/mol. The topological polar surface area (TPSA) is 134 Å². The number of ether oxygens (including phenoxy) is 2. The zero-order chi connectivity index (χ0) is 38.9. The molecule has 10 heteroatoms. The highest BCUT2D eigenvalue weighted by Crippen LogP contribution is 2.43. The van der Waals surface area contributed by atoms with E-state index in [1.165, 1.54) is 77.0 Å². The van der Waals surface area contributed by atoms with E-state index in [1.807, 2.05) is 0 Å². The average Bonchev–Trinajstić information content (AvgIpc) is 3.14. The van der Waals surface area contributed by atoms with Gasteiger partial charge in [-0.3, -0.25) is 18.6 Å². The number of rotatable bonds is 39. The van der Waals surface area contributed by atoms with E-state index >= 15 is 0 Å². The van der Waals surface area contributed by atoms with Crippen molar-refractivity contribution in [3.63, 3.8) is 0 Å². The Balaban J connectivity index is 4.24. The molecule has 9 nitrogen and oxygen atoms in total. The van der Waals surface area contributed by atoms with Crippen molar-refractivity contribution in [2.75, 3.05) is 26.4 Å². The van der Waals surface area contributed by atoms with E-state index in [4.69, 9.17) is 24.3 Å². The van der Waals surface area contributed by atoms with Gasteiger partial charge in [-0.15, -0.1) is 0 Å². The Morgan fingerprint density at radius 2 is 0.981 bits per heavy atom. The number of carbonyl (C=O) groups excluding carboxylic acids is 2. The van der Waals surface area contributed by atoms with Crippen LogP contribution in [0.5, 0.6) is 0 Å². The van der Waals surface area contributed by atoms with E-state index in [1.54, 1.807) is 0 Å². The van der Waals surface area contributed by atoms with E-state index < -0.39 is 32.5 Å². The summed E-state index contributed by atoms with van der Waals surface area (Å²) in [5, 5.41) is 0. The molecule has 0 aliphatic heterocycles. The highest BCUT2D eigenvalue weighted by Gasteiger charge is 2.25. The first-order chi connectivity index (χ1) is 25.8. The SMILES string of the molecule is CCCCC/C=C/C/C=C/C/C=C/CCCCCCC(=O)OC[C@H](COP(=O)(O)OCCN)OC(=O)CCCCC/C=C/CCCCCCCCCC. The van der Waals surface area contributed by atoms with E-state index in [9.17, 15) is 19.0 Å². The van der Waals surface area contributed by atoms with Crippen LogP contribution in [0.2, 0.25) is 0 Å². The van der Waals surface area contributed by atoms with Crippen molar-refractivity contribution < 1.29 is 37.6 Å². The van der Waals surface area contributed by atoms with Gasteiger partial charge in [0.2, 0.25) is 0 Å². The summed E-state index contributed by atoms with van der Waals surface area (Å²) in [6, 6.07) is 0. The minimum absolute atomic E-state index is 0.0465. The second-order valence-corrected chi connectivity index (χ2v) is 15.3. The first kappa shape index (κ1) is 51.0. The molecule has 53 heavy (non-hydrogen) atoms. The van der Waals surface area contributed by atoms with Gasteiger partial charge in [0, 0.05) is 19.4 Å². The fraction of sp³-hybridized carbons (Fsp3) is 0.767. The van der Waals surface area contributed by atoms with Crippen molar-refractivity contribution >= 4 is 19.8 Å². The number of esters is 2. The number of unbranched alkanes of at least 4 members (excludes halogenated alkanes) is 18. The normalized spacial score (nSPS) is 13.8. The Morgan fingerprint density at radius 3 is 1.53 bits per heavy atom. The summed E-state index contributed by atoms with van der Waals surface area (Å²) in [5.41, 5.74) is 5.34. The van der Waals surface area contributed by atoms with Crippen LogP contribution < -0.4 is 5.73 Å². The summed E-state index contributed by atoms with van der Waals surface area (Å²) in [6.07, 6.45) is 44.2. The first-order valence-electron chi connectivity index (χ1n) is 21.1. The van der Waals surface area contributed by atoms with Crippen LogP contribution in [0.15, 0.2) is 48.6 Å². The minimum atomic E-state index is -4.38. The van der Waals surface area contributed by atoms with Gasteiger partial charge in [0.1, 0.15) is 6.61 Å². The van der Waals surface area contributed by atoms with Crippen LogP contribution >= 0.6 is 7.82 Å². The van der Waals surface area contributed by atoms with Gasteiger partial charge in [-0.25, -0.2) is 4.57 Å². The molecule has 0 aromatic carbocycles. The average molecular weight is 768 g/mol. The summed E-state index contributed by atoms with van der Waals surface area (Å²) in [5.74, 6) is -0.874. The van der Waals surface area contributed by atoms with Gasteiger partial charge in [0.15, 0.2) is 6.10 Å². The van der Waals surface area contributed by atoms with Gasteiger partial charge in [-0.05, 0) is 77.0 Å². The lowest BCUT2D eigenvalue weighted by atomic mass is 10.1. The third kappa shape index (κ3) is 39.5. The van der Waals surface area contributed by atoms with Crippen LogP contribution in [0.25, 0.3) is 0 Å². The second-order valence-electron chi connectivity index (χ2n) is 13.8. The minimum Gasteiger partial charge on any atom is -0.462 e. The lowest BCUT2D eigenvalue weighted by molar-refractivity contribution is -0.161. The lowest BCUT2D eigenvalue weighted by Gasteiger charge is -2.19. The van der Waals surface area contributed by atoms with Crippen molar-refractivity contribution in [1.29, 1.82) is 0 Å². The van der Waals surface area contributed by atoms with Crippen molar-refractivity contribution in [1.82, 2.24) is 0 Å². The summed E-state index contributed by atoms with van der Waals surface area (Å²) >= 11 is 0. The van der Waals surface area contributed by atoms with Gasteiger partial charge in [0.05, 0.1) is 13.2 Å². The Morgan fingerprint density at radius 1 is 0.566 bits per heavy atom. The van der Waals surface area contributed by atoms with E-state index in [0.717, 1.165) is 64.2 Å². The fourth-order valence-corrected chi connectivity index (χ4v) is 6.28. The number of carbonyl (C=O) groups is 2.